The van der Waals surface area contributed by atoms with Crippen LogP contribution in [0.3, 0.4) is 0 Å². The van der Waals surface area contributed by atoms with Crippen LogP contribution in [-0.2, 0) is 30.8 Å². The maximum atomic E-state index is 13.5. The van der Waals surface area contributed by atoms with Gasteiger partial charge < -0.3 is 14.2 Å². The van der Waals surface area contributed by atoms with Gasteiger partial charge in [0.05, 0.1) is 18.0 Å². The van der Waals surface area contributed by atoms with Crippen LogP contribution in [0.2, 0.25) is 0 Å². The predicted molar refractivity (Wildman–Crippen MR) is 147 cm³/mol. The summed E-state index contributed by atoms with van der Waals surface area (Å²) in [6, 6.07) is 21.2. The first kappa shape index (κ1) is 29.9. The number of ether oxygens (including phenoxy) is 3. The molecular formula is C29H30N2O8S. The van der Waals surface area contributed by atoms with E-state index >= 15 is 0 Å². The molecule has 0 fully saturated rings. The molecule has 3 amide bonds. The minimum absolute atomic E-state index is 0.0625. The number of carbonyl (C=O) groups is 3. The van der Waals surface area contributed by atoms with E-state index in [0.29, 0.717) is 11.1 Å². The van der Waals surface area contributed by atoms with Crippen molar-refractivity contribution in [3.8, 4) is 0 Å². The monoisotopic (exact) mass is 566 g/mol. The standard InChI is InChI=1S/C29H30N2O8S/c1-22-16-18-25(19-17-22)40(35,36)30-27(32)31(28(33)39-21-23-11-5-3-6-12-23)26(24-13-7-4-8-14-24)15-9-10-20-38-29(34)37-2/h3-14,16-19,26H,15,20-21H2,1-2H3,(H,30,32)/b10-9+. The van der Waals surface area contributed by atoms with E-state index < -0.39 is 34.3 Å². The summed E-state index contributed by atoms with van der Waals surface area (Å²) in [6.45, 7) is 1.55. The van der Waals surface area contributed by atoms with E-state index in [2.05, 4.69) is 4.74 Å². The molecule has 3 aromatic carbocycles. The van der Waals surface area contributed by atoms with Crippen LogP contribution in [0.15, 0.2) is 102 Å². The number of benzene rings is 3. The van der Waals surface area contributed by atoms with E-state index in [4.69, 9.17) is 9.47 Å². The van der Waals surface area contributed by atoms with Crippen LogP contribution in [0, 0.1) is 6.92 Å². The molecule has 0 saturated carbocycles. The maximum Gasteiger partial charge on any atom is 0.508 e. The molecule has 0 radical (unpaired) electrons. The zero-order valence-corrected chi connectivity index (χ0v) is 22.9. The molecule has 210 valence electrons. The average molecular weight is 567 g/mol. The molecule has 40 heavy (non-hydrogen) atoms. The number of amides is 3. The van der Waals surface area contributed by atoms with Crippen molar-refractivity contribution < 1.29 is 37.0 Å². The minimum atomic E-state index is -4.32. The Morgan fingerprint density at radius 1 is 0.875 bits per heavy atom. The third-order valence-corrected chi connectivity index (χ3v) is 7.00. The van der Waals surface area contributed by atoms with Gasteiger partial charge in [-0.25, -0.2) is 32.4 Å². The molecule has 3 aromatic rings. The van der Waals surface area contributed by atoms with E-state index in [1.54, 1.807) is 79.7 Å². The second-order valence-electron chi connectivity index (χ2n) is 8.53. The number of hydrogen-bond donors (Lipinski definition) is 1. The van der Waals surface area contributed by atoms with Gasteiger partial charge in [-0.1, -0.05) is 90.5 Å². The molecule has 1 N–H and O–H groups in total. The molecule has 0 aliphatic rings. The fraction of sp³-hybridized carbons (Fsp3) is 0.207. The van der Waals surface area contributed by atoms with Gasteiger partial charge in [0.1, 0.15) is 13.2 Å². The van der Waals surface area contributed by atoms with E-state index in [1.807, 2.05) is 10.8 Å². The Hall–Kier alpha value is -4.64. The van der Waals surface area contributed by atoms with Gasteiger partial charge >= 0.3 is 18.3 Å². The summed E-state index contributed by atoms with van der Waals surface area (Å²) in [7, 11) is -3.14. The molecule has 1 unspecified atom stereocenters. The number of imide groups is 1. The Bertz CT molecular complexity index is 1410. The molecule has 3 rings (SSSR count). The van der Waals surface area contributed by atoms with Gasteiger partial charge in [-0.3, -0.25) is 0 Å². The number of methoxy groups -OCH3 is 1. The van der Waals surface area contributed by atoms with Crippen LogP contribution in [0.4, 0.5) is 14.4 Å². The van der Waals surface area contributed by atoms with Crippen molar-refractivity contribution in [3.63, 3.8) is 0 Å². The summed E-state index contributed by atoms with van der Waals surface area (Å²) < 4.78 is 42.8. The topological polar surface area (TPSA) is 128 Å². The lowest BCUT2D eigenvalue weighted by molar-refractivity contribution is 0.0817. The fourth-order valence-electron chi connectivity index (χ4n) is 3.62. The van der Waals surface area contributed by atoms with Gasteiger partial charge in [0.15, 0.2) is 0 Å². The summed E-state index contributed by atoms with van der Waals surface area (Å²) >= 11 is 0. The number of hydrogen-bond acceptors (Lipinski definition) is 8. The SMILES string of the molecule is COC(=O)OC/C=C/CC(c1ccccc1)N(C(=O)NS(=O)(=O)c1ccc(C)cc1)C(=O)OCc1ccccc1. The molecule has 10 nitrogen and oxygen atoms in total. The lowest BCUT2D eigenvalue weighted by Gasteiger charge is -2.29. The zero-order chi connectivity index (χ0) is 29.0. The van der Waals surface area contributed by atoms with Gasteiger partial charge in [-0.2, -0.15) is 0 Å². The van der Waals surface area contributed by atoms with Crippen LogP contribution >= 0.6 is 0 Å². The number of nitrogens with zero attached hydrogens (tertiary/aromatic N) is 1. The Balaban J connectivity index is 1.92. The molecule has 0 saturated heterocycles. The number of aryl methyl sites for hydroxylation is 1. The highest BCUT2D eigenvalue weighted by molar-refractivity contribution is 7.90. The third-order valence-electron chi connectivity index (χ3n) is 5.66. The van der Waals surface area contributed by atoms with Crippen LogP contribution < -0.4 is 4.72 Å². The summed E-state index contributed by atoms with van der Waals surface area (Å²) in [4.78, 5) is 38.7. The highest BCUT2D eigenvalue weighted by Crippen LogP contribution is 2.27. The van der Waals surface area contributed by atoms with E-state index in [9.17, 15) is 22.8 Å². The largest absolute Gasteiger partial charge is 0.508 e. The van der Waals surface area contributed by atoms with E-state index in [-0.39, 0.29) is 24.5 Å². The molecule has 0 aliphatic heterocycles. The molecule has 0 spiro atoms. The van der Waals surface area contributed by atoms with Gasteiger partial charge in [0, 0.05) is 0 Å². The predicted octanol–water partition coefficient (Wildman–Crippen LogP) is 5.50. The second kappa shape index (κ2) is 14.5. The molecular weight excluding hydrogens is 536 g/mol. The van der Waals surface area contributed by atoms with Crippen molar-refractivity contribution in [3.05, 3.63) is 114 Å². The Kier molecular flexibility index (Phi) is 10.8. The summed E-state index contributed by atoms with van der Waals surface area (Å²) in [5.41, 5.74) is 2.06. The third kappa shape index (κ3) is 8.70. The lowest BCUT2D eigenvalue weighted by atomic mass is 10.0. The highest BCUT2D eigenvalue weighted by atomic mass is 32.2. The first-order chi connectivity index (χ1) is 19.2. The van der Waals surface area contributed by atoms with E-state index in [1.165, 1.54) is 25.3 Å². The normalized spacial score (nSPS) is 11.8. The molecule has 0 heterocycles. The average Bonchev–Trinajstić information content (AvgIpc) is 2.96. The van der Waals surface area contributed by atoms with Gasteiger partial charge in [0.25, 0.3) is 10.0 Å². The first-order valence-electron chi connectivity index (χ1n) is 12.3. The number of nitrogens with one attached hydrogen (secondary N) is 1. The smallest absolute Gasteiger partial charge is 0.444 e. The number of urea groups is 1. The van der Waals surface area contributed by atoms with E-state index in [0.717, 1.165) is 10.5 Å². The van der Waals surface area contributed by atoms with Crippen LogP contribution in [0.5, 0.6) is 0 Å². The number of rotatable bonds is 10. The lowest BCUT2D eigenvalue weighted by Crippen LogP contribution is -2.47. The maximum absolute atomic E-state index is 13.5. The van der Waals surface area contributed by atoms with Gasteiger partial charge in [0.2, 0.25) is 0 Å². The van der Waals surface area contributed by atoms with Crippen LogP contribution in [0.25, 0.3) is 0 Å². The van der Waals surface area contributed by atoms with Crippen molar-refractivity contribution >= 4 is 28.3 Å². The molecule has 11 heteroatoms. The van der Waals surface area contributed by atoms with Crippen LogP contribution in [-0.4, -0.2) is 45.3 Å². The molecule has 1 atom stereocenters. The second-order valence-corrected chi connectivity index (χ2v) is 10.2. The van der Waals surface area contributed by atoms with Crippen molar-refractivity contribution in [2.75, 3.05) is 13.7 Å². The zero-order valence-electron chi connectivity index (χ0n) is 22.1. The first-order valence-corrected chi connectivity index (χ1v) is 13.7. The van der Waals surface area contributed by atoms with Crippen molar-refractivity contribution in [2.45, 2.75) is 30.9 Å². The van der Waals surface area contributed by atoms with Crippen LogP contribution in [0.1, 0.15) is 29.2 Å². The molecule has 0 aliphatic carbocycles. The quantitative estimate of drug-likeness (QED) is 0.252. The highest BCUT2D eigenvalue weighted by Gasteiger charge is 2.34. The summed E-state index contributed by atoms with van der Waals surface area (Å²) in [6.07, 6.45) is 1.26. The Morgan fingerprint density at radius 2 is 1.50 bits per heavy atom. The fourth-order valence-corrected chi connectivity index (χ4v) is 4.56. The Morgan fingerprint density at radius 3 is 2.12 bits per heavy atom. The summed E-state index contributed by atoms with van der Waals surface area (Å²) in [5, 5.41) is 0. The van der Waals surface area contributed by atoms with Crippen molar-refractivity contribution in [2.24, 2.45) is 0 Å². The van der Waals surface area contributed by atoms with Gasteiger partial charge in [-0.15, -0.1) is 0 Å². The number of sulfonamides is 1. The van der Waals surface area contributed by atoms with Gasteiger partial charge in [-0.05, 0) is 36.6 Å². The van der Waals surface area contributed by atoms with Crippen molar-refractivity contribution in [1.82, 2.24) is 9.62 Å². The number of carbonyl (C=O) groups excluding carboxylic acids is 3. The van der Waals surface area contributed by atoms with Crippen molar-refractivity contribution in [1.29, 1.82) is 0 Å². The summed E-state index contributed by atoms with van der Waals surface area (Å²) in [5.74, 6) is 0. The molecule has 0 bridgehead atoms. The Labute approximate surface area is 233 Å². The minimum Gasteiger partial charge on any atom is -0.444 e. The molecule has 0 aromatic heterocycles.